The molecular formula is C12H12FNO2. The first-order valence-corrected chi connectivity index (χ1v) is 4.87. The van der Waals surface area contributed by atoms with Crippen LogP contribution in [0.1, 0.15) is 5.76 Å². The predicted octanol–water partition coefficient (Wildman–Crippen LogP) is 2.55. The van der Waals surface area contributed by atoms with Gasteiger partial charge in [-0.25, -0.2) is 4.39 Å². The lowest BCUT2D eigenvalue weighted by atomic mass is 10.1. The van der Waals surface area contributed by atoms with Crippen molar-refractivity contribution < 1.29 is 13.5 Å². The maximum atomic E-state index is 13.7. The minimum atomic E-state index is -0.378. The van der Waals surface area contributed by atoms with Gasteiger partial charge in [-0.1, -0.05) is 0 Å². The van der Waals surface area contributed by atoms with Crippen LogP contribution in [0.15, 0.2) is 34.7 Å². The number of benzene rings is 1. The molecule has 0 amide bonds. The summed E-state index contributed by atoms with van der Waals surface area (Å²) in [5.41, 5.74) is 5.82. The third-order valence-electron chi connectivity index (χ3n) is 2.30. The average Bonchev–Trinajstić information content (AvgIpc) is 2.77. The molecule has 0 aliphatic heterocycles. The van der Waals surface area contributed by atoms with E-state index >= 15 is 0 Å². The van der Waals surface area contributed by atoms with Crippen LogP contribution in [0.25, 0.3) is 11.3 Å². The van der Waals surface area contributed by atoms with Crippen molar-refractivity contribution in [3.8, 4) is 17.1 Å². The van der Waals surface area contributed by atoms with Crippen molar-refractivity contribution in [3.63, 3.8) is 0 Å². The zero-order valence-electron chi connectivity index (χ0n) is 8.87. The standard InChI is InChI=1S/C12H12FNO2/c1-15-8-2-4-10(11(13)6-8)12-5-3-9(7-14)16-12/h2-6H,7,14H2,1H3. The molecule has 0 bridgehead atoms. The Hall–Kier alpha value is -1.81. The third-order valence-corrected chi connectivity index (χ3v) is 2.30. The maximum absolute atomic E-state index is 13.7. The maximum Gasteiger partial charge on any atom is 0.137 e. The van der Waals surface area contributed by atoms with Crippen molar-refractivity contribution in [3.05, 3.63) is 41.9 Å². The van der Waals surface area contributed by atoms with Gasteiger partial charge in [0.05, 0.1) is 19.2 Å². The Morgan fingerprint density at radius 1 is 1.31 bits per heavy atom. The molecule has 1 aromatic heterocycles. The van der Waals surface area contributed by atoms with Gasteiger partial charge < -0.3 is 14.9 Å². The highest BCUT2D eigenvalue weighted by molar-refractivity contribution is 5.59. The van der Waals surface area contributed by atoms with E-state index in [2.05, 4.69) is 0 Å². The van der Waals surface area contributed by atoms with Crippen LogP contribution in [0.3, 0.4) is 0 Å². The lowest BCUT2D eigenvalue weighted by Crippen LogP contribution is -1.92. The topological polar surface area (TPSA) is 48.4 Å². The summed E-state index contributed by atoms with van der Waals surface area (Å²) in [6, 6.07) is 8.06. The molecule has 0 unspecified atom stereocenters. The lowest BCUT2D eigenvalue weighted by Gasteiger charge is -2.03. The fraction of sp³-hybridized carbons (Fsp3) is 0.167. The molecule has 16 heavy (non-hydrogen) atoms. The molecule has 4 heteroatoms. The van der Waals surface area contributed by atoms with E-state index in [9.17, 15) is 4.39 Å². The number of furan rings is 1. The molecule has 0 saturated carbocycles. The molecule has 0 aliphatic rings. The Kier molecular flexibility index (Phi) is 2.92. The van der Waals surface area contributed by atoms with Gasteiger partial charge in [-0.3, -0.25) is 0 Å². The van der Waals surface area contributed by atoms with Crippen molar-refractivity contribution in [2.24, 2.45) is 5.73 Å². The molecule has 0 aliphatic carbocycles. The van der Waals surface area contributed by atoms with Gasteiger partial charge >= 0.3 is 0 Å². The van der Waals surface area contributed by atoms with Crippen LogP contribution in [0.5, 0.6) is 5.75 Å². The van der Waals surface area contributed by atoms with Crippen LogP contribution in [0.2, 0.25) is 0 Å². The first-order chi connectivity index (χ1) is 7.74. The molecule has 0 saturated heterocycles. The zero-order chi connectivity index (χ0) is 11.5. The summed E-state index contributed by atoms with van der Waals surface area (Å²) >= 11 is 0. The van der Waals surface area contributed by atoms with Crippen molar-refractivity contribution in [1.29, 1.82) is 0 Å². The Morgan fingerprint density at radius 3 is 2.69 bits per heavy atom. The van der Waals surface area contributed by atoms with Crippen LogP contribution in [0.4, 0.5) is 4.39 Å². The highest BCUT2D eigenvalue weighted by Gasteiger charge is 2.10. The monoisotopic (exact) mass is 221 g/mol. The molecule has 2 rings (SSSR count). The number of nitrogens with two attached hydrogens (primary N) is 1. The van der Waals surface area contributed by atoms with Gasteiger partial charge in [0.2, 0.25) is 0 Å². The fourth-order valence-electron chi connectivity index (χ4n) is 1.46. The van der Waals surface area contributed by atoms with Crippen LogP contribution >= 0.6 is 0 Å². The molecule has 1 aromatic carbocycles. The van der Waals surface area contributed by atoms with Crippen LogP contribution in [-0.2, 0) is 6.54 Å². The number of hydrogen-bond acceptors (Lipinski definition) is 3. The van der Waals surface area contributed by atoms with Crippen molar-refractivity contribution in [2.45, 2.75) is 6.54 Å². The van der Waals surface area contributed by atoms with Gasteiger partial charge in [0.1, 0.15) is 23.1 Å². The van der Waals surface area contributed by atoms with Gasteiger partial charge in [-0.15, -0.1) is 0 Å². The second-order valence-corrected chi connectivity index (χ2v) is 3.32. The summed E-state index contributed by atoms with van der Waals surface area (Å²) in [4.78, 5) is 0. The number of halogens is 1. The van der Waals surface area contributed by atoms with E-state index in [0.29, 0.717) is 29.4 Å². The number of ether oxygens (including phenoxy) is 1. The largest absolute Gasteiger partial charge is 0.497 e. The Labute approximate surface area is 92.6 Å². The number of hydrogen-bond donors (Lipinski definition) is 1. The SMILES string of the molecule is COc1ccc(-c2ccc(CN)o2)c(F)c1. The van der Waals surface area contributed by atoms with Gasteiger partial charge in [-0.05, 0) is 24.3 Å². The van der Waals surface area contributed by atoms with E-state index in [1.165, 1.54) is 13.2 Å². The fourth-order valence-corrected chi connectivity index (χ4v) is 1.46. The molecule has 0 spiro atoms. The molecule has 0 radical (unpaired) electrons. The third kappa shape index (κ3) is 1.92. The van der Waals surface area contributed by atoms with E-state index in [0.717, 1.165) is 0 Å². The molecule has 0 fully saturated rings. The molecule has 0 atom stereocenters. The van der Waals surface area contributed by atoms with Crippen LogP contribution in [0, 0.1) is 5.82 Å². The van der Waals surface area contributed by atoms with Gasteiger partial charge in [-0.2, -0.15) is 0 Å². The van der Waals surface area contributed by atoms with E-state index in [-0.39, 0.29) is 5.82 Å². The average molecular weight is 221 g/mol. The van der Waals surface area contributed by atoms with Crippen LogP contribution < -0.4 is 10.5 Å². The van der Waals surface area contributed by atoms with Crippen molar-refractivity contribution in [2.75, 3.05) is 7.11 Å². The molecule has 3 nitrogen and oxygen atoms in total. The number of methoxy groups -OCH3 is 1. The quantitative estimate of drug-likeness (QED) is 0.866. The summed E-state index contributed by atoms with van der Waals surface area (Å²) in [6.45, 7) is 0.303. The van der Waals surface area contributed by atoms with E-state index in [1.807, 2.05) is 0 Å². The summed E-state index contributed by atoms with van der Waals surface area (Å²) in [5.74, 6) is 1.20. The lowest BCUT2D eigenvalue weighted by molar-refractivity contribution is 0.411. The Balaban J connectivity index is 2.40. The van der Waals surface area contributed by atoms with E-state index in [4.69, 9.17) is 14.9 Å². The Morgan fingerprint density at radius 2 is 2.12 bits per heavy atom. The molecular weight excluding hydrogens is 209 g/mol. The first-order valence-electron chi connectivity index (χ1n) is 4.87. The highest BCUT2D eigenvalue weighted by Crippen LogP contribution is 2.27. The molecule has 2 aromatic rings. The van der Waals surface area contributed by atoms with E-state index < -0.39 is 0 Å². The minimum absolute atomic E-state index is 0.303. The first kappa shape index (κ1) is 10.7. The summed E-state index contributed by atoms with van der Waals surface area (Å²) in [7, 11) is 1.49. The predicted molar refractivity (Wildman–Crippen MR) is 58.5 cm³/mol. The van der Waals surface area contributed by atoms with Crippen molar-refractivity contribution >= 4 is 0 Å². The zero-order valence-corrected chi connectivity index (χ0v) is 8.87. The van der Waals surface area contributed by atoms with Crippen molar-refractivity contribution in [1.82, 2.24) is 0 Å². The minimum Gasteiger partial charge on any atom is -0.497 e. The second kappa shape index (κ2) is 4.37. The summed E-state index contributed by atoms with van der Waals surface area (Å²) in [6.07, 6.45) is 0. The normalized spacial score (nSPS) is 10.4. The number of rotatable bonds is 3. The summed E-state index contributed by atoms with van der Waals surface area (Å²) < 4.78 is 24.0. The van der Waals surface area contributed by atoms with Gasteiger partial charge in [0.15, 0.2) is 0 Å². The molecule has 1 heterocycles. The second-order valence-electron chi connectivity index (χ2n) is 3.32. The summed E-state index contributed by atoms with van der Waals surface area (Å²) in [5, 5.41) is 0. The smallest absolute Gasteiger partial charge is 0.137 e. The molecule has 2 N–H and O–H groups in total. The van der Waals surface area contributed by atoms with Gasteiger partial charge in [0.25, 0.3) is 0 Å². The Bertz CT molecular complexity index is 494. The van der Waals surface area contributed by atoms with E-state index in [1.54, 1.807) is 24.3 Å². The van der Waals surface area contributed by atoms with Crippen LogP contribution in [-0.4, -0.2) is 7.11 Å². The van der Waals surface area contributed by atoms with Gasteiger partial charge in [0, 0.05) is 6.07 Å². The highest BCUT2D eigenvalue weighted by atomic mass is 19.1. The molecule has 84 valence electrons.